The Balaban J connectivity index is 2.11. The highest BCUT2D eigenvalue weighted by Crippen LogP contribution is 2.20. The molecule has 0 radical (unpaired) electrons. The number of nitro groups is 1. The molecule has 1 atom stereocenters. The zero-order chi connectivity index (χ0) is 24.4. The molecule has 0 heterocycles. The monoisotopic (exact) mass is 471 g/mol. The van der Waals surface area contributed by atoms with Crippen LogP contribution < -0.4 is 5.32 Å². The Morgan fingerprint density at radius 2 is 1.79 bits per heavy atom. The van der Waals surface area contributed by atoms with Crippen molar-refractivity contribution in [1.82, 2.24) is 10.2 Å². The maximum absolute atomic E-state index is 13.3. The zero-order valence-electron chi connectivity index (χ0n) is 19.7. The third-order valence-electron chi connectivity index (χ3n) is 5.31. The Kier molecular flexibility index (Phi) is 10.4. The fourth-order valence-corrected chi connectivity index (χ4v) is 4.24. The molecule has 0 aliphatic heterocycles. The van der Waals surface area contributed by atoms with Crippen LogP contribution in [0.3, 0.4) is 0 Å². The lowest BCUT2D eigenvalue weighted by Gasteiger charge is -2.31. The van der Waals surface area contributed by atoms with E-state index < -0.39 is 11.0 Å². The number of hydrogen-bond donors (Lipinski definition) is 1. The van der Waals surface area contributed by atoms with Gasteiger partial charge in [-0.3, -0.25) is 19.7 Å². The molecule has 0 fully saturated rings. The molecule has 178 valence electrons. The number of nitrogens with one attached hydrogen (secondary N) is 1. The van der Waals surface area contributed by atoms with Crippen LogP contribution in [0.4, 0.5) is 5.69 Å². The summed E-state index contributed by atoms with van der Waals surface area (Å²) >= 11 is 1.44. The van der Waals surface area contributed by atoms with E-state index in [1.54, 1.807) is 17.0 Å². The fraction of sp³-hybridized carbons (Fsp3) is 0.440. The van der Waals surface area contributed by atoms with E-state index >= 15 is 0 Å². The molecule has 2 aromatic carbocycles. The van der Waals surface area contributed by atoms with Crippen molar-refractivity contribution in [2.45, 2.75) is 52.5 Å². The van der Waals surface area contributed by atoms with Crippen LogP contribution >= 0.6 is 11.8 Å². The van der Waals surface area contributed by atoms with E-state index in [9.17, 15) is 19.7 Å². The van der Waals surface area contributed by atoms with Gasteiger partial charge in [0.25, 0.3) is 5.69 Å². The lowest BCUT2D eigenvalue weighted by atomic mass is 10.1. The Bertz CT molecular complexity index is 947. The summed E-state index contributed by atoms with van der Waals surface area (Å²) in [5.41, 5.74) is 3.04. The maximum atomic E-state index is 13.3. The lowest BCUT2D eigenvalue weighted by Crippen LogP contribution is -2.50. The molecular weight excluding hydrogens is 438 g/mol. The van der Waals surface area contributed by atoms with Crippen LogP contribution in [0.5, 0.6) is 0 Å². The predicted octanol–water partition coefficient (Wildman–Crippen LogP) is 4.72. The van der Waals surface area contributed by atoms with Crippen LogP contribution in [0, 0.1) is 23.0 Å². The minimum Gasteiger partial charge on any atom is -0.354 e. The molecule has 2 rings (SSSR count). The summed E-state index contributed by atoms with van der Waals surface area (Å²) in [5, 5.41) is 13.8. The first-order valence-corrected chi connectivity index (χ1v) is 12.3. The largest absolute Gasteiger partial charge is 0.354 e. The first-order chi connectivity index (χ1) is 15.7. The number of benzene rings is 2. The summed E-state index contributed by atoms with van der Waals surface area (Å²) in [6.45, 7) is 8.93. The van der Waals surface area contributed by atoms with E-state index in [0.29, 0.717) is 31.2 Å². The third-order valence-corrected chi connectivity index (χ3v) is 6.30. The number of non-ortho nitro benzene ring substituents is 1. The molecule has 0 aliphatic carbocycles. The normalized spacial score (nSPS) is 11.8. The number of carbonyl (C=O) groups is 2. The predicted molar refractivity (Wildman–Crippen MR) is 133 cm³/mol. The fourth-order valence-electron chi connectivity index (χ4n) is 3.37. The van der Waals surface area contributed by atoms with E-state index in [0.717, 1.165) is 16.7 Å². The highest BCUT2D eigenvalue weighted by Gasteiger charge is 2.28. The number of nitrogens with zero attached hydrogens (tertiary/aromatic N) is 2. The lowest BCUT2D eigenvalue weighted by molar-refractivity contribution is -0.384. The van der Waals surface area contributed by atoms with Crippen LogP contribution in [-0.2, 0) is 21.9 Å². The molecule has 0 spiro atoms. The van der Waals surface area contributed by atoms with Gasteiger partial charge in [0.05, 0.1) is 10.7 Å². The van der Waals surface area contributed by atoms with E-state index in [4.69, 9.17) is 0 Å². The second-order valence-electron chi connectivity index (χ2n) is 8.43. The number of carbonyl (C=O) groups excluding carboxylic acids is 2. The topological polar surface area (TPSA) is 92.6 Å². The summed E-state index contributed by atoms with van der Waals surface area (Å²) in [4.78, 5) is 38.2. The second-order valence-corrected chi connectivity index (χ2v) is 9.41. The molecule has 2 amide bonds. The van der Waals surface area contributed by atoms with Crippen molar-refractivity contribution in [3.63, 3.8) is 0 Å². The molecule has 7 nitrogen and oxygen atoms in total. The van der Waals surface area contributed by atoms with Crippen molar-refractivity contribution >= 4 is 29.3 Å². The number of aryl methyl sites for hydroxylation is 1. The summed E-state index contributed by atoms with van der Waals surface area (Å²) in [7, 11) is 0. The molecule has 0 bridgehead atoms. The molecule has 0 unspecified atom stereocenters. The van der Waals surface area contributed by atoms with Crippen LogP contribution in [-0.4, -0.2) is 40.0 Å². The van der Waals surface area contributed by atoms with Gasteiger partial charge in [0.2, 0.25) is 11.8 Å². The quantitative estimate of drug-likeness (QED) is 0.357. The number of rotatable bonds is 12. The maximum Gasteiger partial charge on any atom is 0.269 e. The van der Waals surface area contributed by atoms with Gasteiger partial charge in [0.15, 0.2) is 0 Å². The second kappa shape index (κ2) is 13.0. The van der Waals surface area contributed by atoms with Crippen molar-refractivity contribution in [2.75, 3.05) is 12.3 Å². The molecule has 1 N–H and O–H groups in total. The first-order valence-electron chi connectivity index (χ1n) is 11.2. The van der Waals surface area contributed by atoms with Crippen molar-refractivity contribution in [3.8, 4) is 0 Å². The molecule has 8 heteroatoms. The van der Waals surface area contributed by atoms with Gasteiger partial charge in [-0.1, -0.05) is 57.2 Å². The van der Waals surface area contributed by atoms with Crippen molar-refractivity contribution < 1.29 is 14.5 Å². The van der Waals surface area contributed by atoms with Gasteiger partial charge in [0.1, 0.15) is 6.04 Å². The van der Waals surface area contributed by atoms with Gasteiger partial charge in [-0.2, -0.15) is 0 Å². The summed E-state index contributed by atoms with van der Waals surface area (Å²) in [6.07, 6.45) is 0.522. The number of amides is 2. The van der Waals surface area contributed by atoms with E-state index in [-0.39, 0.29) is 23.3 Å². The van der Waals surface area contributed by atoms with Gasteiger partial charge in [0, 0.05) is 31.0 Å². The Morgan fingerprint density at radius 1 is 1.12 bits per heavy atom. The Labute approximate surface area is 200 Å². The minimum absolute atomic E-state index is 0.0439. The van der Waals surface area contributed by atoms with E-state index in [2.05, 4.69) is 5.32 Å². The standard InChI is InChI=1S/C25H33N3O4S/c1-5-23(25(30)26-14-18(2)3)27(15-21-9-7-6-8-19(21)4)24(29)17-33-16-20-10-12-22(13-11-20)28(31)32/h6-13,18,23H,5,14-17H2,1-4H3,(H,26,30)/t23-/m0/s1. The van der Waals surface area contributed by atoms with Gasteiger partial charge in [-0.25, -0.2) is 0 Å². The summed E-state index contributed by atoms with van der Waals surface area (Å²) in [6, 6.07) is 13.7. The molecule has 33 heavy (non-hydrogen) atoms. The van der Waals surface area contributed by atoms with Crippen LogP contribution in [0.25, 0.3) is 0 Å². The molecule has 2 aromatic rings. The van der Waals surface area contributed by atoms with Crippen LogP contribution in [0.2, 0.25) is 0 Å². The van der Waals surface area contributed by atoms with Crippen molar-refractivity contribution in [3.05, 3.63) is 75.3 Å². The molecule has 0 aliphatic rings. The van der Waals surface area contributed by atoms with Crippen molar-refractivity contribution in [1.29, 1.82) is 0 Å². The van der Waals surface area contributed by atoms with Gasteiger partial charge < -0.3 is 10.2 Å². The Morgan fingerprint density at radius 3 is 2.36 bits per heavy atom. The zero-order valence-corrected chi connectivity index (χ0v) is 20.6. The molecule has 0 saturated carbocycles. The van der Waals surface area contributed by atoms with Gasteiger partial charge in [-0.15, -0.1) is 11.8 Å². The number of nitro benzene ring substituents is 1. The number of thioether (sulfide) groups is 1. The average Bonchev–Trinajstić information content (AvgIpc) is 2.79. The van der Waals surface area contributed by atoms with E-state index in [1.165, 1.54) is 23.9 Å². The van der Waals surface area contributed by atoms with Gasteiger partial charge >= 0.3 is 0 Å². The smallest absolute Gasteiger partial charge is 0.269 e. The SMILES string of the molecule is CC[C@@H](C(=O)NCC(C)C)N(Cc1ccccc1C)C(=O)CSCc1ccc([N+](=O)[O-])cc1. The van der Waals surface area contributed by atoms with Crippen molar-refractivity contribution in [2.24, 2.45) is 5.92 Å². The van der Waals surface area contributed by atoms with Crippen LogP contribution in [0.1, 0.15) is 43.9 Å². The minimum atomic E-state index is -0.546. The molecule has 0 saturated heterocycles. The highest BCUT2D eigenvalue weighted by atomic mass is 32.2. The Hall–Kier alpha value is -2.87. The molecule has 0 aromatic heterocycles. The average molecular weight is 472 g/mol. The van der Waals surface area contributed by atoms with E-state index in [1.807, 2.05) is 52.0 Å². The van der Waals surface area contributed by atoms with Crippen LogP contribution in [0.15, 0.2) is 48.5 Å². The highest BCUT2D eigenvalue weighted by molar-refractivity contribution is 7.99. The summed E-state index contributed by atoms with van der Waals surface area (Å²) in [5.74, 6) is 0.865. The number of hydrogen-bond acceptors (Lipinski definition) is 5. The third kappa shape index (κ3) is 8.20. The van der Waals surface area contributed by atoms with Gasteiger partial charge in [-0.05, 0) is 36.0 Å². The summed E-state index contributed by atoms with van der Waals surface area (Å²) < 4.78 is 0. The first kappa shape index (κ1) is 26.4. The molecular formula is C25H33N3O4S.